The maximum atomic E-state index is 13.2. The second kappa shape index (κ2) is 12.1. The first-order valence-corrected chi connectivity index (χ1v) is 13.1. The Morgan fingerprint density at radius 2 is 2.03 bits per heavy atom. The Morgan fingerprint density at radius 1 is 1.19 bits per heavy atom. The summed E-state index contributed by atoms with van der Waals surface area (Å²) in [7, 11) is 1.65. The molecule has 0 aliphatic carbocycles. The third-order valence-electron chi connectivity index (χ3n) is 6.11. The standard InChI is InChI=1S/C26H33N7O2S/c1-5-32(6-2)18(3)16-28-26(34)19-14-22(30-24(15-19)27-10-12-35-4)20-17-29-33-11-9-21(31-25(20)33)23-8-7-13-36-23/h7-9,11,13-15,17-18H,5-6,10,12,16H2,1-4H3,(H,27,30)(H,28,34)/t18-/m0/s1. The summed E-state index contributed by atoms with van der Waals surface area (Å²) >= 11 is 1.64. The molecule has 0 fully saturated rings. The van der Waals surface area contributed by atoms with Crippen molar-refractivity contribution < 1.29 is 9.53 Å². The van der Waals surface area contributed by atoms with Crippen LogP contribution in [0.4, 0.5) is 5.82 Å². The van der Waals surface area contributed by atoms with Gasteiger partial charge in [0.2, 0.25) is 0 Å². The van der Waals surface area contributed by atoms with Crippen molar-refractivity contribution in [1.82, 2.24) is 29.8 Å². The van der Waals surface area contributed by atoms with Crippen LogP contribution in [0.3, 0.4) is 0 Å². The minimum Gasteiger partial charge on any atom is -0.383 e. The van der Waals surface area contributed by atoms with Gasteiger partial charge in [0.15, 0.2) is 5.65 Å². The van der Waals surface area contributed by atoms with E-state index in [0.29, 0.717) is 42.4 Å². The predicted molar refractivity (Wildman–Crippen MR) is 145 cm³/mol. The molecule has 10 heteroatoms. The second-order valence-electron chi connectivity index (χ2n) is 8.44. The van der Waals surface area contributed by atoms with Gasteiger partial charge >= 0.3 is 0 Å². The highest BCUT2D eigenvalue weighted by atomic mass is 32.1. The highest BCUT2D eigenvalue weighted by Crippen LogP contribution is 2.28. The third kappa shape index (κ3) is 5.89. The summed E-state index contributed by atoms with van der Waals surface area (Å²) in [5, 5.41) is 12.8. The molecule has 1 atom stereocenters. The van der Waals surface area contributed by atoms with Crippen LogP contribution in [0.1, 0.15) is 31.1 Å². The Kier molecular flexibility index (Phi) is 8.63. The minimum absolute atomic E-state index is 0.142. The fraction of sp³-hybridized carbons (Fsp3) is 0.385. The lowest BCUT2D eigenvalue weighted by atomic mass is 10.1. The smallest absolute Gasteiger partial charge is 0.251 e. The number of methoxy groups -OCH3 is 1. The predicted octanol–water partition coefficient (Wildman–Crippen LogP) is 4.04. The zero-order chi connectivity index (χ0) is 25.5. The quantitative estimate of drug-likeness (QED) is 0.279. The van der Waals surface area contributed by atoms with Crippen LogP contribution in [-0.2, 0) is 4.74 Å². The average molecular weight is 508 g/mol. The fourth-order valence-corrected chi connectivity index (χ4v) is 4.80. The number of amides is 1. The SMILES string of the molecule is CCN(CC)[C@@H](C)CNC(=O)c1cc(NCCOC)nc(-c2cnn3ccc(-c4cccs4)nc23)c1. The molecule has 36 heavy (non-hydrogen) atoms. The molecule has 0 aliphatic rings. The molecule has 0 saturated heterocycles. The minimum atomic E-state index is -0.142. The molecule has 4 heterocycles. The van der Waals surface area contributed by atoms with Gasteiger partial charge < -0.3 is 15.4 Å². The first kappa shape index (κ1) is 25.7. The van der Waals surface area contributed by atoms with E-state index in [4.69, 9.17) is 14.7 Å². The third-order valence-corrected chi connectivity index (χ3v) is 7.00. The number of pyridine rings is 1. The number of carbonyl (C=O) groups excluding carboxylic acids is 1. The van der Waals surface area contributed by atoms with Crippen molar-refractivity contribution in [1.29, 1.82) is 0 Å². The highest BCUT2D eigenvalue weighted by Gasteiger charge is 2.17. The van der Waals surface area contributed by atoms with E-state index in [9.17, 15) is 4.79 Å². The van der Waals surface area contributed by atoms with Crippen LogP contribution in [-0.4, -0.2) is 76.3 Å². The number of fused-ring (bicyclic) bond motifs is 1. The first-order valence-electron chi connectivity index (χ1n) is 12.2. The number of ether oxygens (including phenoxy) is 1. The molecule has 0 bridgehead atoms. The number of likely N-dealkylation sites (N-methyl/N-ethyl adjacent to an activating group) is 1. The van der Waals surface area contributed by atoms with E-state index in [1.807, 2.05) is 29.8 Å². The normalized spacial score (nSPS) is 12.2. The molecular formula is C26H33N7O2S. The topological polar surface area (TPSA) is 96.7 Å². The van der Waals surface area contributed by atoms with Crippen LogP contribution in [0.25, 0.3) is 27.5 Å². The van der Waals surface area contributed by atoms with E-state index in [1.54, 1.807) is 41.3 Å². The van der Waals surface area contributed by atoms with Gasteiger partial charge in [0.1, 0.15) is 5.82 Å². The van der Waals surface area contributed by atoms with Crippen LogP contribution in [0.5, 0.6) is 0 Å². The summed E-state index contributed by atoms with van der Waals surface area (Å²) in [5.74, 6) is 0.455. The van der Waals surface area contributed by atoms with Gasteiger partial charge in [0.25, 0.3) is 5.91 Å². The van der Waals surface area contributed by atoms with Crippen LogP contribution < -0.4 is 10.6 Å². The Hall–Kier alpha value is -3.34. The van der Waals surface area contributed by atoms with Crippen molar-refractivity contribution in [3.8, 4) is 21.8 Å². The molecule has 2 N–H and O–H groups in total. The van der Waals surface area contributed by atoms with E-state index in [1.165, 1.54) is 0 Å². The average Bonchev–Trinajstić information content (AvgIpc) is 3.58. The van der Waals surface area contributed by atoms with Crippen molar-refractivity contribution in [2.45, 2.75) is 26.8 Å². The van der Waals surface area contributed by atoms with Crippen molar-refractivity contribution in [3.63, 3.8) is 0 Å². The van der Waals surface area contributed by atoms with Crippen LogP contribution in [0.15, 0.2) is 48.1 Å². The molecule has 0 radical (unpaired) electrons. The summed E-state index contributed by atoms with van der Waals surface area (Å²) in [6.45, 7) is 9.92. The van der Waals surface area contributed by atoms with Crippen molar-refractivity contribution >= 4 is 28.7 Å². The Bertz CT molecular complexity index is 1280. The van der Waals surface area contributed by atoms with E-state index in [0.717, 1.165) is 29.2 Å². The number of rotatable bonds is 12. The molecule has 0 saturated carbocycles. The number of thiophene rings is 1. The maximum absolute atomic E-state index is 13.2. The lowest BCUT2D eigenvalue weighted by Gasteiger charge is -2.26. The van der Waals surface area contributed by atoms with E-state index >= 15 is 0 Å². The maximum Gasteiger partial charge on any atom is 0.251 e. The number of aromatic nitrogens is 4. The monoisotopic (exact) mass is 507 g/mol. The molecule has 190 valence electrons. The Balaban J connectivity index is 1.66. The van der Waals surface area contributed by atoms with Crippen LogP contribution in [0.2, 0.25) is 0 Å². The first-order chi connectivity index (χ1) is 17.5. The summed E-state index contributed by atoms with van der Waals surface area (Å²) in [5.41, 5.74) is 3.47. The van der Waals surface area contributed by atoms with Crippen LogP contribution >= 0.6 is 11.3 Å². The number of hydrogen-bond acceptors (Lipinski definition) is 8. The molecule has 4 aromatic rings. The largest absolute Gasteiger partial charge is 0.383 e. The zero-order valence-electron chi connectivity index (χ0n) is 21.2. The summed E-state index contributed by atoms with van der Waals surface area (Å²) in [4.78, 5) is 26.2. The van der Waals surface area contributed by atoms with Gasteiger partial charge in [0.05, 0.1) is 34.6 Å². The molecule has 0 aliphatic heterocycles. The number of anilines is 1. The van der Waals surface area contributed by atoms with E-state index in [2.05, 4.69) is 41.4 Å². The van der Waals surface area contributed by atoms with Gasteiger partial charge in [-0.1, -0.05) is 19.9 Å². The van der Waals surface area contributed by atoms with Crippen molar-refractivity contribution in [3.05, 3.63) is 53.7 Å². The molecule has 0 aromatic carbocycles. The molecule has 0 unspecified atom stereocenters. The van der Waals surface area contributed by atoms with Crippen LogP contribution in [0, 0.1) is 0 Å². The summed E-state index contributed by atoms with van der Waals surface area (Å²) in [6, 6.07) is 9.80. The van der Waals surface area contributed by atoms with Gasteiger partial charge in [0, 0.05) is 38.0 Å². The molecular weight excluding hydrogens is 474 g/mol. The van der Waals surface area contributed by atoms with E-state index in [-0.39, 0.29) is 11.9 Å². The van der Waals surface area contributed by atoms with Gasteiger partial charge in [-0.2, -0.15) is 5.10 Å². The molecule has 1 amide bonds. The highest BCUT2D eigenvalue weighted by molar-refractivity contribution is 7.13. The Labute approximate surface area is 215 Å². The zero-order valence-corrected chi connectivity index (χ0v) is 22.0. The van der Waals surface area contributed by atoms with Crippen molar-refractivity contribution in [2.24, 2.45) is 0 Å². The number of nitrogens with one attached hydrogen (secondary N) is 2. The van der Waals surface area contributed by atoms with Gasteiger partial charge in [-0.25, -0.2) is 14.5 Å². The van der Waals surface area contributed by atoms with Crippen molar-refractivity contribution in [2.75, 3.05) is 45.2 Å². The molecule has 4 rings (SSSR count). The van der Waals surface area contributed by atoms with Gasteiger partial charge in [-0.3, -0.25) is 9.69 Å². The fourth-order valence-electron chi connectivity index (χ4n) is 4.10. The summed E-state index contributed by atoms with van der Waals surface area (Å²) < 4.78 is 6.89. The second-order valence-corrected chi connectivity index (χ2v) is 9.39. The lowest BCUT2D eigenvalue weighted by molar-refractivity contribution is 0.0938. The number of hydrogen-bond donors (Lipinski definition) is 2. The lowest BCUT2D eigenvalue weighted by Crippen LogP contribution is -2.42. The van der Waals surface area contributed by atoms with Gasteiger partial charge in [-0.05, 0) is 49.7 Å². The molecule has 4 aromatic heterocycles. The number of carbonyl (C=O) groups is 1. The number of nitrogens with zero attached hydrogens (tertiary/aromatic N) is 5. The van der Waals surface area contributed by atoms with E-state index < -0.39 is 0 Å². The van der Waals surface area contributed by atoms with Gasteiger partial charge in [-0.15, -0.1) is 11.3 Å². The summed E-state index contributed by atoms with van der Waals surface area (Å²) in [6.07, 6.45) is 3.63. The molecule has 0 spiro atoms. The Morgan fingerprint density at radius 3 is 2.75 bits per heavy atom. The molecule has 9 nitrogen and oxygen atoms in total.